The number of rotatable bonds is 4. The second kappa shape index (κ2) is 6.15. The predicted molar refractivity (Wildman–Crippen MR) is 77.3 cm³/mol. The third-order valence-electron chi connectivity index (χ3n) is 4.00. The summed E-state index contributed by atoms with van der Waals surface area (Å²) in [5.41, 5.74) is 7.19. The van der Waals surface area contributed by atoms with Gasteiger partial charge >= 0.3 is 0 Å². The first kappa shape index (κ1) is 14.0. The molecule has 1 aromatic rings. The van der Waals surface area contributed by atoms with Crippen LogP contribution >= 0.6 is 15.9 Å². The first-order valence-corrected chi connectivity index (χ1v) is 7.29. The minimum Gasteiger partial charge on any atom is -0.395 e. The van der Waals surface area contributed by atoms with Crippen molar-refractivity contribution in [2.24, 2.45) is 11.7 Å². The van der Waals surface area contributed by atoms with Gasteiger partial charge in [-0.3, -0.25) is 4.90 Å². The smallest absolute Gasteiger partial charge is 0.0589 e. The Morgan fingerprint density at radius 3 is 2.83 bits per heavy atom. The quantitative estimate of drug-likeness (QED) is 0.895. The van der Waals surface area contributed by atoms with Crippen LogP contribution < -0.4 is 5.73 Å². The SMILES string of the molecule is CC1CCN(C(CN)c2ccccc2Br)C1CO. The van der Waals surface area contributed by atoms with Gasteiger partial charge in [0.25, 0.3) is 0 Å². The molecule has 2 rings (SSSR count). The van der Waals surface area contributed by atoms with E-state index in [2.05, 4.69) is 33.8 Å². The molecule has 1 aromatic carbocycles. The number of aliphatic hydroxyl groups is 1. The number of hydrogen-bond acceptors (Lipinski definition) is 3. The van der Waals surface area contributed by atoms with Crippen LogP contribution in [0.4, 0.5) is 0 Å². The number of nitrogens with zero attached hydrogens (tertiary/aromatic N) is 1. The molecule has 0 aromatic heterocycles. The molecule has 0 bridgehead atoms. The first-order valence-electron chi connectivity index (χ1n) is 6.50. The lowest BCUT2D eigenvalue weighted by atomic mass is 10.0. The van der Waals surface area contributed by atoms with Crippen molar-refractivity contribution in [1.29, 1.82) is 0 Å². The molecular formula is C14H21BrN2O. The first-order chi connectivity index (χ1) is 8.69. The molecule has 3 nitrogen and oxygen atoms in total. The van der Waals surface area contributed by atoms with Gasteiger partial charge in [0.15, 0.2) is 0 Å². The zero-order valence-corrected chi connectivity index (χ0v) is 12.3. The summed E-state index contributed by atoms with van der Waals surface area (Å²) >= 11 is 3.60. The molecule has 1 aliphatic rings. The topological polar surface area (TPSA) is 49.5 Å². The number of benzene rings is 1. The van der Waals surface area contributed by atoms with Crippen LogP contribution in [0.1, 0.15) is 24.9 Å². The van der Waals surface area contributed by atoms with Crippen LogP contribution in [0.25, 0.3) is 0 Å². The molecule has 3 atom stereocenters. The van der Waals surface area contributed by atoms with Crippen molar-refractivity contribution in [2.45, 2.75) is 25.4 Å². The van der Waals surface area contributed by atoms with Crippen LogP contribution in [0.2, 0.25) is 0 Å². The summed E-state index contributed by atoms with van der Waals surface area (Å²) in [5.74, 6) is 0.534. The number of halogens is 1. The monoisotopic (exact) mass is 312 g/mol. The van der Waals surface area contributed by atoms with E-state index < -0.39 is 0 Å². The Balaban J connectivity index is 2.26. The van der Waals surface area contributed by atoms with E-state index in [0.717, 1.165) is 17.4 Å². The lowest BCUT2D eigenvalue weighted by molar-refractivity contribution is 0.105. The van der Waals surface area contributed by atoms with Gasteiger partial charge in [0.1, 0.15) is 0 Å². The van der Waals surface area contributed by atoms with Gasteiger partial charge in [-0.2, -0.15) is 0 Å². The second-order valence-electron chi connectivity index (χ2n) is 5.03. The van der Waals surface area contributed by atoms with Crippen LogP contribution in [0, 0.1) is 5.92 Å². The maximum absolute atomic E-state index is 9.57. The summed E-state index contributed by atoms with van der Waals surface area (Å²) in [4.78, 5) is 2.35. The zero-order chi connectivity index (χ0) is 13.1. The van der Waals surface area contributed by atoms with Gasteiger partial charge < -0.3 is 10.8 Å². The molecule has 18 heavy (non-hydrogen) atoms. The van der Waals surface area contributed by atoms with Crippen LogP contribution in [-0.2, 0) is 0 Å². The summed E-state index contributed by atoms with van der Waals surface area (Å²) in [6, 6.07) is 8.62. The van der Waals surface area contributed by atoms with E-state index >= 15 is 0 Å². The van der Waals surface area contributed by atoms with E-state index in [0.29, 0.717) is 12.5 Å². The molecule has 0 aliphatic carbocycles. The molecule has 100 valence electrons. The Morgan fingerprint density at radius 2 is 2.22 bits per heavy atom. The Kier molecular flexibility index (Phi) is 4.78. The van der Waals surface area contributed by atoms with Crippen LogP contribution in [-0.4, -0.2) is 35.7 Å². The van der Waals surface area contributed by atoms with Gasteiger partial charge in [-0.25, -0.2) is 0 Å². The summed E-state index contributed by atoms with van der Waals surface area (Å²) in [7, 11) is 0. The van der Waals surface area contributed by atoms with Crippen molar-refractivity contribution in [3.8, 4) is 0 Å². The van der Waals surface area contributed by atoms with Gasteiger partial charge in [0.05, 0.1) is 6.61 Å². The third-order valence-corrected chi connectivity index (χ3v) is 4.72. The molecule has 3 unspecified atom stereocenters. The van der Waals surface area contributed by atoms with E-state index in [4.69, 9.17) is 5.73 Å². The highest BCUT2D eigenvalue weighted by atomic mass is 79.9. The van der Waals surface area contributed by atoms with Gasteiger partial charge in [0.2, 0.25) is 0 Å². The molecule has 4 heteroatoms. The Hall–Kier alpha value is -0.420. The molecular weight excluding hydrogens is 292 g/mol. The fraction of sp³-hybridized carbons (Fsp3) is 0.571. The highest BCUT2D eigenvalue weighted by Gasteiger charge is 2.35. The molecule has 1 aliphatic heterocycles. The number of likely N-dealkylation sites (tertiary alicyclic amines) is 1. The summed E-state index contributed by atoms with van der Waals surface area (Å²) < 4.78 is 1.09. The van der Waals surface area contributed by atoms with Crippen molar-refractivity contribution >= 4 is 15.9 Å². The third kappa shape index (κ3) is 2.62. The minimum atomic E-state index is 0.183. The van der Waals surface area contributed by atoms with Crippen LogP contribution in [0.5, 0.6) is 0 Å². The fourth-order valence-electron chi connectivity index (χ4n) is 2.90. The summed E-state index contributed by atoms with van der Waals surface area (Å²) in [6.45, 7) is 4.00. The largest absolute Gasteiger partial charge is 0.395 e. The number of nitrogens with two attached hydrogens (primary N) is 1. The number of aliphatic hydroxyl groups excluding tert-OH is 1. The van der Waals surface area contributed by atoms with Crippen molar-refractivity contribution in [1.82, 2.24) is 4.90 Å². The minimum absolute atomic E-state index is 0.183. The average molecular weight is 313 g/mol. The maximum atomic E-state index is 9.57. The Labute approximate surface area is 117 Å². The average Bonchev–Trinajstić information content (AvgIpc) is 2.74. The molecule has 1 saturated heterocycles. The van der Waals surface area contributed by atoms with E-state index in [-0.39, 0.29) is 18.7 Å². The normalized spacial score (nSPS) is 26.4. The second-order valence-corrected chi connectivity index (χ2v) is 5.88. The molecule has 1 heterocycles. The summed E-state index contributed by atoms with van der Waals surface area (Å²) in [6.07, 6.45) is 1.13. The zero-order valence-electron chi connectivity index (χ0n) is 10.7. The number of hydrogen-bond donors (Lipinski definition) is 2. The predicted octanol–water partition coefficient (Wildman–Crippen LogP) is 2.15. The molecule has 1 fully saturated rings. The molecule has 0 saturated carbocycles. The fourth-order valence-corrected chi connectivity index (χ4v) is 3.44. The molecule has 0 spiro atoms. The highest BCUT2D eigenvalue weighted by molar-refractivity contribution is 9.10. The lowest BCUT2D eigenvalue weighted by Gasteiger charge is -2.33. The summed E-state index contributed by atoms with van der Waals surface area (Å²) in [5, 5.41) is 9.57. The van der Waals surface area contributed by atoms with E-state index in [9.17, 15) is 5.11 Å². The van der Waals surface area contributed by atoms with Crippen molar-refractivity contribution in [3.05, 3.63) is 34.3 Å². The molecule has 0 radical (unpaired) electrons. The van der Waals surface area contributed by atoms with E-state index in [1.54, 1.807) is 0 Å². The Morgan fingerprint density at radius 1 is 1.50 bits per heavy atom. The van der Waals surface area contributed by atoms with Crippen molar-refractivity contribution < 1.29 is 5.11 Å². The Bertz CT molecular complexity index is 399. The van der Waals surface area contributed by atoms with Gasteiger partial charge in [0, 0.05) is 23.1 Å². The van der Waals surface area contributed by atoms with E-state index in [1.165, 1.54) is 5.56 Å². The van der Waals surface area contributed by atoms with Gasteiger partial charge in [-0.1, -0.05) is 41.1 Å². The maximum Gasteiger partial charge on any atom is 0.0589 e. The standard InChI is InChI=1S/C14H21BrN2O/c1-10-6-7-17(14(10)9-18)13(8-16)11-4-2-3-5-12(11)15/h2-5,10,13-14,18H,6-9,16H2,1H3. The van der Waals surface area contributed by atoms with Crippen LogP contribution in [0.15, 0.2) is 28.7 Å². The molecule has 3 N–H and O–H groups in total. The van der Waals surface area contributed by atoms with Crippen molar-refractivity contribution in [3.63, 3.8) is 0 Å². The van der Waals surface area contributed by atoms with Crippen LogP contribution in [0.3, 0.4) is 0 Å². The van der Waals surface area contributed by atoms with Gasteiger partial charge in [-0.05, 0) is 30.5 Å². The van der Waals surface area contributed by atoms with Crippen molar-refractivity contribution in [2.75, 3.05) is 19.7 Å². The van der Waals surface area contributed by atoms with Gasteiger partial charge in [-0.15, -0.1) is 0 Å². The molecule has 0 amide bonds. The highest BCUT2D eigenvalue weighted by Crippen LogP contribution is 2.34. The van der Waals surface area contributed by atoms with E-state index in [1.807, 2.05) is 18.2 Å². The lowest BCUT2D eigenvalue weighted by Crippen LogP contribution is -2.41.